The van der Waals surface area contributed by atoms with Crippen LogP contribution >= 0.6 is 0 Å². The highest BCUT2D eigenvalue weighted by atomic mass is 16.2. The molecule has 0 saturated carbocycles. The fourth-order valence-corrected chi connectivity index (χ4v) is 2.09. The Bertz CT molecular complexity index is 647. The molecule has 0 spiro atoms. The van der Waals surface area contributed by atoms with Gasteiger partial charge in [0, 0.05) is 31.4 Å². The molecule has 0 radical (unpaired) electrons. The van der Waals surface area contributed by atoms with Crippen LogP contribution in [0.1, 0.15) is 39.4 Å². The molecule has 110 valence electrons. The molecule has 0 bridgehead atoms. The summed E-state index contributed by atoms with van der Waals surface area (Å²) in [4.78, 5) is 23.5. The van der Waals surface area contributed by atoms with Crippen molar-refractivity contribution in [3.8, 4) is 0 Å². The zero-order chi connectivity index (χ0) is 15.4. The van der Waals surface area contributed by atoms with E-state index in [1.54, 1.807) is 23.9 Å². The summed E-state index contributed by atoms with van der Waals surface area (Å²) in [5.74, 6) is -0.304. The number of ketones is 1. The second kappa shape index (κ2) is 6.37. The van der Waals surface area contributed by atoms with Crippen LogP contribution in [0, 0.1) is 0 Å². The smallest absolute Gasteiger partial charge is 0.267 e. The molecule has 0 aliphatic rings. The summed E-state index contributed by atoms with van der Waals surface area (Å²) < 4.78 is 1.64. The molecule has 1 aromatic carbocycles. The highest BCUT2D eigenvalue weighted by molar-refractivity contribution is 5.99. The Morgan fingerprint density at radius 2 is 1.95 bits per heavy atom. The minimum Gasteiger partial charge on any atom is -0.349 e. The van der Waals surface area contributed by atoms with E-state index in [-0.39, 0.29) is 17.7 Å². The van der Waals surface area contributed by atoms with Crippen LogP contribution < -0.4 is 11.1 Å². The van der Waals surface area contributed by atoms with Crippen molar-refractivity contribution < 1.29 is 9.59 Å². The van der Waals surface area contributed by atoms with Gasteiger partial charge in [0.05, 0.1) is 0 Å². The van der Waals surface area contributed by atoms with Crippen molar-refractivity contribution in [1.29, 1.82) is 0 Å². The minimum absolute atomic E-state index is 0.0642. The molecule has 0 fully saturated rings. The largest absolute Gasteiger partial charge is 0.349 e. The van der Waals surface area contributed by atoms with Crippen molar-refractivity contribution in [2.24, 2.45) is 12.8 Å². The number of aromatic nitrogens is 1. The van der Waals surface area contributed by atoms with E-state index >= 15 is 0 Å². The number of nitrogens with zero attached hydrogens (tertiary/aromatic N) is 1. The lowest BCUT2D eigenvalue weighted by molar-refractivity contribution is 0.0943. The van der Waals surface area contributed by atoms with Crippen molar-refractivity contribution in [1.82, 2.24) is 9.88 Å². The van der Waals surface area contributed by atoms with Crippen LogP contribution in [-0.4, -0.2) is 22.8 Å². The van der Waals surface area contributed by atoms with Crippen molar-refractivity contribution in [3.05, 3.63) is 59.4 Å². The number of benzene rings is 1. The van der Waals surface area contributed by atoms with E-state index < -0.39 is 0 Å². The highest BCUT2D eigenvalue weighted by Gasteiger charge is 2.15. The molecule has 2 rings (SSSR count). The summed E-state index contributed by atoms with van der Waals surface area (Å²) in [5.41, 5.74) is 7.97. The van der Waals surface area contributed by atoms with Gasteiger partial charge in [-0.2, -0.15) is 0 Å². The first-order valence-corrected chi connectivity index (χ1v) is 6.75. The minimum atomic E-state index is -0.261. The lowest BCUT2D eigenvalue weighted by atomic mass is 10.1. The maximum Gasteiger partial charge on any atom is 0.267 e. The lowest BCUT2D eigenvalue weighted by Gasteiger charge is -2.13. The van der Waals surface area contributed by atoms with Gasteiger partial charge in [0.2, 0.25) is 0 Å². The van der Waals surface area contributed by atoms with Gasteiger partial charge in [0.1, 0.15) is 5.69 Å². The number of hydrogen-bond donors (Lipinski definition) is 2. The quantitative estimate of drug-likeness (QED) is 0.820. The van der Waals surface area contributed by atoms with Crippen LogP contribution in [-0.2, 0) is 7.05 Å². The summed E-state index contributed by atoms with van der Waals surface area (Å²) in [7, 11) is 1.73. The molecule has 0 aliphatic carbocycles. The molecule has 0 saturated heterocycles. The summed E-state index contributed by atoms with van der Waals surface area (Å²) in [6.45, 7) is 1.81. The van der Waals surface area contributed by atoms with Crippen LogP contribution in [0.2, 0.25) is 0 Å². The maximum atomic E-state index is 12.1. The molecular weight excluding hydrogens is 266 g/mol. The van der Waals surface area contributed by atoms with Gasteiger partial charge in [-0.25, -0.2) is 0 Å². The molecule has 1 atom stereocenters. The average Bonchev–Trinajstić information content (AvgIpc) is 2.87. The molecule has 1 heterocycles. The topological polar surface area (TPSA) is 77.1 Å². The molecule has 3 N–H and O–H groups in total. The maximum absolute atomic E-state index is 12.1. The molecule has 2 aromatic rings. The first-order chi connectivity index (χ1) is 9.99. The molecule has 5 nitrogen and oxygen atoms in total. The molecular formula is C16H19N3O2. The Kier molecular flexibility index (Phi) is 4.55. The number of amides is 1. The summed E-state index contributed by atoms with van der Waals surface area (Å²) >= 11 is 0. The van der Waals surface area contributed by atoms with Gasteiger partial charge in [-0.15, -0.1) is 0 Å². The fraction of sp³-hybridized carbons (Fsp3) is 0.250. The predicted octanol–water partition coefficient (Wildman–Crippen LogP) is 1.66. The normalized spacial score (nSPS) is 12.0. The lowest BCUT2D eigenvalue weighted by Crippen LogP contribution is -2.32. The molecule has 1 aromatic heterocycles. The van der Waals surface area contributed by atoms with Gasteiger partial charge in [-0.3, -0.25) is 9.59 Å². The number of hydrogen-bond acceptors (Lipinski definition) is 3. The Labute approximate surface area is 123 Å². The van der Waals surface area contributed by atoms with Crippen LogP contribution in [0.25, 0.3) is 0 Å². The fourth-order valence-electron chi connectivity index (χ4n) is 2.09. The Morgan fingerprint density at radius 3 is 2.52 bits per heavy atom. The Morgan fingerprint density at radius 1 is 1.29 bits per heavy atom. The number of nitrogens with two attached hydrogens (primary N) is 1. The number of aryl methyl sites for hydroxylation is 1. The zero-order valence-corrected chi connectivity index (χ0v) is 12.2. The first-order valence-electron chi connectivity index (χ1n) is 6.75. The van der Waals surface area contributed by atoms with Crippen molar-refractivity contribution in [3.63, 3.8) is 0 Å². The SMILES string of the molecule is CC(=O)c1cc(C(=O)NCC(N)c2ccccc2)n(C)c1. The van der Waals surface area contributed by atoms with E-state index in [0.29, 0.717) is 17.8 Å². The second-order valence-corrected chi connectivity index (χ2v) is 5.01. The Hall–Kier alpha value is -2.40. The number of rotatable bonds is 5. The van der Waals surface area contributed by atoms with Crippen LogP contribution in [0.4, 0.5) is 0 Å². The van der Waals surface area contributed by atoms with Gasteiger partial charge in [-0.05, 0) is 18.6 Å². The van der Waals surface area contributed by atoms with Crippen LogP contribution in [0.15, 0.2) is 42.6 Å². The van der Waals surface area contributed by atoms with Gasteiger partial charge < -0.3 is 15.6 Å². The van der Waals surface area contributed by atoms with Gasteiger partial charge in [0.25, 0.3) is 5.91 Å². The molecule has 1 unspecified atom stereocenters. The third-order valence-electron chi connectivity index (χ3n) is 3.35. The van der Waals surface area contributed by atoms with E-state index in [1.165, 1.54) is 6.92 Å². The van der Waals surface area contributed by atoms with Gasteiger partial charge in [0.15, 0.2) is 5.78 Å². The zero-order valence-electron chi connectivity index (χ0n) is 12.2. The van der Waals surface area contributed by atoms with Crippen molar-refractivity contribution in [2.45, 2.75) is 13.0 Å². The Balaban J connectivity index is 2.00. The number of carbonyl (C=O) groups excluding carboxylic acids is 2. The standard InChI is InChI=1S/C16H19N3O2/c1-11(20)13-8-15(19(2)10-13)16(21)18-9-14(17)12-6-4-3-5-7-12/h3-8,10,14H,9,17H2,1-2H3,(H,18,21). The van der Waals surface area contributed by atoms with E-state index in [2.05, 4.69) is 5.32 Å². The summed E-state index contributed by atoms with van der Waals surface area (Å²) in [5, 5.41) is 2.79. The van der Waals surface area contributed by atoms with E-state index in [4.69, 9.17) is 5.73 Å². The molecule has 0 aliphatic heterocycles. The first kappa shape index (κ1) is 15.0. The second-order valence-electron chi connectivity index (χ2n) is 5.01. The van der Waals surface area contributed by atoms with Gasteiger partial charge >= 0.3 is 0 Å². The monoisotopic (exact) mass is 285 g/mol. The van der Waals surface area contributed by atoms with Crippen LogP contribution in [0.5, 0.6) is 0 Å². The van der Waals surface area contributed by atoms with Crippen molar-refractivity contribution in [2.75, 3.05) is 6.54 Å². The third-order valence-corrected chi connectivity index (χ3v) is 3.35. The summed E-state index contributed by atoms with van der Waals surface area (Å²) in [6, 6.07) is 10.9. The van der Waals surface area contributed by atoms with E-state index in [1.807, 2.05) is 30.3 Å². The van der Waals surface area contributed by atoms with E-state index in [0.717, 1.165) is 5.56 Å². The highest BCUT2D eigenvalue weighted by Crippen LogP contribution is 2.10. The molecule has 1 amide bonds. The predicted molar refractivity (Wildman–Crippen MR) is 81.1 cm³/mol. The van der Waals surface area contributed by atoms with Gasteiger partial charge in [-0.1, -0.05) is 30.3 Å². The molecule has 21 heavy (non-hydrogen) atoms. The third kappa shape index (κ3) is 3.58. The number of carbonyl (C=O) groups is 2. The number of Topliss-reactive ketones (excluding diaryl/α,β-unsaturated/α-hetero) is 1. The summed E-state index contributed by atoms with van der Waals surface area (Å²) in [6.07, 6.45) is 1.65. The van der Waals surface area contributed by atoms with Crippen molar-refractivity contribution >= 4 is 11.7 Å². The van der Waals surface area contributed by atoms with E-state index in [9.17, 15) is 9.59 Å². The number of nitrogens with one attached hydrogen (secondary N) is 1. The van der Waals surface area contributed by atoms with Crippen LogP contribution in [0.3, 0.4) is 0 Å². The molecule has 5 heteroatoms. The average molecular weight is 285 g/mol.